The molecule has 2 amide bonds. The number of hydrogen-bond donors (Lipinski definition) is 2. The molecule has 0 saturated carbocycles. The normalized spacial score (nSPS) is 11.2. The number of carbonyl (C=O) groups is 2. The zero-order chi connectivity index (χ0) is 25.0. The number of hydrogen-bond acceptors (Lipinski definition) is 4. The molecule has 8 heteroatoms. The van der Waals surface area contributed by atoms with Gasteiger partial charge in [-0.3, -0.25) is 14.9 Å². The van der Waals surface area contributed by atoms with E-state index in [0.29, 0.717) is 22.8 Å². The molecule has 35 heavy (non-hydrogen) atoms. The van der Waals surface area contributed by atoms with Crippen LogP contribution in [0.3, 0.4) is 0 Å². The number of para-hydroxylation sites is 1. The fourth-order valence-corrected chi connectivity index (χ4v) is 3.57. The van der Waals surface area contributed by atoms with E-state index < -0.39 is 11.4 Å². The Labute approximate surface area is 209 Å². The van der Waals surface area contributed by atoms with Gasteiger partial charge >= 0.3 is 0 Å². The number of aryl methyl sites for hydroxylation is 1. The Morgan fingerprint density at radius 1 is 0.943 bits per heavy atom. The lowest BCUT2D eigenvalue weighted by molar-refractivity contribution is -0.121. The Morgan fingerprint density at radius 2 is 1.60 bits per heavy atom. The summed E-state index contributed by atoms with van der Waals surface area (Å²) in [5, 5.41) is 10.7. The van der Waals surface area contributed by atoms with E-state index in [-0.39, 0.29) is 11.9 Å². The second-order valence-corrected chi connectivity index (χ2v) is 9.24. The van der Waals surface area contributed by atoms with Gasteiger partial charge in [-0.1, -0.05) is 59.6 Å². The molecule has 4 rings (SSSR count). The molecule has 0 atom stereocenters. The number of aromatic nitrogens is 3. The van der Waals surface area contributed by atoms with Crippen LogP contribution in [0.2, 0.25) is 5.02 Å². The second kappa shape index (κ2) is 10.1. The van der Waals surface area contributed by atoms with E-state index in [2.05, 4.69) is 20.7 Å². The molecule has 4 aromatic rings. The molecule has 0 aliphatic rings. The van der Waals surface area contributed by atoms with Crippen molar-refractivity contribution >= 4 is 29.4 Å². The van der Waals surface area contributed by atoms with Crippen LogP contribution in [0.1, 0.15) is 41.2 Å². The van der Waals surface area contributed by atoms with Crippen LogP contribution in [-0.4, -0.2) is 32.1 Å². The van der Waals surface area contributed by atoms with Gasteiger partial charge in [0.1, 0.15) is 11.4 Å². The van der Waals surface area contributed by atoms with Crippen LogP contribution in [0, 0.1) is 6.92 Å². The van der Waals surface area contributed by atoms with E-state index in [1.165, 1.54) is 0 Å². The first-order valence-electron chi connectivity index (χ1n) is 11.2. The fraction of sp³-hybridized carbons (Fsp3) is 0.185. The zero-order valence-electron chi connectivity index (χ0n) is 19.7. The lowest BCUT2D eigenvalue weighted by Gasteiger charge is -2.24. The summed E-state index contributed by atoms with van der Waals surface area (Å²) in [4.78, 5) is 30.3. The number of rotatable bonds is 7. The van der Waals surface area contributed by atoms with Gasteiger partial charge < -0.3 is 5.32 Å². The van der Waals surface area contributed by atoms with Gasteiger partial charge in [0.25, 0.3) is 11.8 Å². The van der Waals surface area contributed by atoms with Crippen LogP contribution in [0.5, 0.6) is 0 Å². The topological polar surface area (TPSA) is 88.9 Å². The van der Waals surface area contributed by atoms with Crippen molar-refractivity contribution in [3.8, 4) is 5.69 Å². The van der Waals surface area contributed by atoms with Gasteiger partial charge in [-0.05, 0) is 62.7 Å². The number of nitrogens with one attached hydrogen (secondary N) is 2. The van der Waals surface area contributed by atoms with Crippen molar-refractivity contribution in [2.45, 2.75) is 32.7 Å². The Kier molecular flexibility index (Phi) is 6.98. The van der Waals surface area contributed by atoms with Crippen LogP contribution in [0.15, 0.2) is 78.9 Å². The Balaban J connectivity index is 1.55. The van der Waals surface area contributed by atoms with E-state index in [1.54, 1.807) is 30.7 Å². The summed E-state index contributed by atoms with van der Waals surface area (Å²) >= 11 is 6.02. The highest BCUT2D eigenvalue weighted by atomic mass is 35.5. The van der Waals surface area contributed by atoms with Gasteiger partial charge in [-0.2, -0.15) is 4.98 Å². The van der Waals surface area contributed by atoms with Gasteiger partial charge in [0.2, 0.25) is 5.95 Å². The molecule has 3 aromatic carbocycles. The SMILES string of the molecule is Cc1ccc(C(=O)NC(C)(C)C(=O)Nc2nc(Cc3ccc(Cl)cc3)n(-c3ccccc3)n2)cc1. The molecule has 1 aromatic heterocycles. The summed E-state index contributed by atoms with van der Waals surface area (Å²) < 4.78 is 1.70. The van der Waals surface area contributed by atoms with Crippen LogP contribution < -0.4 is 10.6 Å². The summed E-state index contributed by atoms with van der Waals surface area (Å²) in [6.45, 7) is 5.22. The third-order valence-electron chi connectivity index (χ3n) is 5.48. The van der Waals surface area contributed by atoms with Crippen molar-refractivity contribution in [3.05, 3.63) is 106 Å². The van der Waals surface area contributed by atoms with E-state index in [0.717, 1.165) is 16.8 Å². The second-order valence-electron chi connectivity index (χ2n) is 8.80. The number of carbonyl (C=O) groups excluding carboxylic acids is 2. The summed E-state index contributed by atoms with van der Waals surface area (Å²) in [5.74, 6) is 0.0355. The number of halogens is 1. The highest BCUT2D eigenvalue weighted by Gasteiger charge is 2.31. The van der Waals surface area contributed by atoms with E-state index in [4.69, 9.17) is 11.6 Å². The third kappa shape index (κ3) is 5.94. The molecule has 1 heterocycles. The average molecular weight is 488 g/mol. The minimum atomic E-state index is -1.20. The minimum Gasteiger partial charge on any atom is -0.338 e. The molecule has 0 spiro atoms. The van der Waals surface area contributed by atoms with E-state index in [1.807, 2.05) is 73.7 Å². The molecular formula is C27H26ClN5O2. The van der Waals surface area contributed by atoms with Crippen LogP contribution in [0.4, 0.5) is 5.95 Å². The molecule has 0 aliphatic carbocycles. The summed E-state index contributed by atoms with van der Waals surface area (Å²) in [6.07, 6.45) is 0.489. The molecule has 0 aliphatic heterocycles. The molecule has 0 bridgehead atoms. The summed E-state index contributed by atoms with van der Waals surface area (Å²) in [6, 6.07) is 24.2. The first-order chi connectivity index (χ1) is 16.7. The van der Waals surface area contributed by atoms with Gasteiger partial charge in [0, 0.05) is 17.0 Å². The summed E-state index contributed by atoms with van der Waals surface area (Å²) in [5.41, 5.74) is 2.15. The monoisotopic (exact) mass is 487 g/mol. The predicted octanol–water partition coefficient (Wildman–Crippen LogP) is 4.97. The van der Waals surface area contributed by atoms with Crippen LogP contribution >= 0.6 is 11.6 Å². The Hall–Kier alpha value is -3.97. The maximum atomic E-state index is 13.1. The molecular weight excluding hydrogens is 462 g/mol. The number of nitrogens with zero attached hydrogens (tertiary/aromatic N) is 3. The first kappa shape index (κ1) is 24.2. The molecule has 0 radical (unpaired) electrons. The van der Waals surface area contributed by atoms with Gasteiger partial charge in [0.15, 0.2) is 0 Å². The lowest BCUT2D eigenvalue weighted by Crippen LogP contribution is -2.52. The smallest absolute Gasteiger partial charge is 0.252 e. The molecule has 0 unspecified atom stereocenters. The van der Waals surface area contributed by atoms with Gasteiger partial charge in [-0.25, -0.2) is 4.68 Å². The highest BCUT2D eigenvalue weighted by Crippen LogP contribution is 2.18. The van der Waals surface area contributed by atoms with E-state index >= 15 is 0 Å². The third-order valence-corrected chi connectivity index (χ3v) is 5.74. The van der Waals surface area contributed by atoms with Gasteiger partial charge in [0.05, 0.1) is 5.69 Å². The highest BCUT2D eigenvalue weighted by molar-refractivity contribution is 6.30. The maximum absolute atomic E-state index is 13.1. The van der Waals surface area contributed by atoms with Crippen LogP contribution in [0.25, 0.3) is 5.69 Å². The Morgan fingerprint density at radius 3 is 2.26 bits per heavy atom. The molecule has 178 valence electrons. The van der Waals surface area contributed by atoms with Crippen LogP contribution in [-0.2, 0) is 11.2 Å². The summed E-state index contributed by atoms with van der Waals surface area (Å²) in [7, 11) is 0. The molecule has 0 fully saturated rings. The molecule has 7 nitrogen and oxygen atoms in total. The lowest BCUT2D eigenvalue weighted by atomic mass is 10.0. The van der Waals surface area contributed by atoms with Crippen molar-refractivity contribution in [2.75, 3.05) is 5.32 Å². The minimum absolute atomic E-state index is 0.153. The Bertz CT molecular complexity index is 1330. The van der Waals surface area contributed by atoms with Crippen molar-refractivity contribution < 1.29 is 9.59 Å². The van der Waals surface area contributed by atoms with Crippen molar-refractivity contribution in [3.63, 3.8) is 0 Å². The number of amides is 2. The largest absolute Gasteiger partial charge is 0.338 e. The van der Waals surface area contributed by atoms with Crippen molar-refractivity contribution in [2.24, 2.45) is 0 Å². The van der Waals surface area contributed by atoms with Crippen molar-refractivity contribution in [1.82, 2.24) is 20.1 Å². The van der Waals surface area contributed by atoms with Gasteiger partial charge in [-0.15, -0.1) is 5.10 Å². The number of benzene rings is 3. The molecule has 0 saturated heterocycles. The molecule has 2 N–H and O–H groups in total. The number of anilines is 1. The average Bonchev–Trinajstić information content (AvgIpc) is 3.23. The van der Waals surface area contributed by atoms with Crippen molar-refractivity contribution in [1.29, 1.82) is 0 Å². The fourth-order valence-electron chi connectivity index (χ4n) is 3.45. The predicted molar refractivity (Wildman–Crippen MR) is 137 cm³/mol. The first-order valence-corrected chi connectivity index (χ1v) is 11.6. The van der Waals surface area contributed by atoms with E-state index in [9.17, 15) is 9.59 Å². The quantitative estimate of drug-likeness (QED) is 0.385. The zero-order valence-corrected chi connectivity index (χ0v) is 20.5. The standard InChI is InChI=1S/C27H26ClN5O2/c1-18-9-13-20(14-10-18)24(34)31-27(2,3)25(35)30-26-29-23(17-19-11-15-21(28)16-12-19)33(32-26)22-7-5-4-6-8-22/h4-16H,17H2,1-3H3,(H,31,34)(H,30,32,35). The maximum Gasteiger partial charge on any atom is 0.252 e.